The van der Waals surface area contributed by atoms with E-state index in [2.05, 4.69) is 26.2 Å². The molecule has 0 aliphatic carbocycles. The van der Waals surface area contributed by atoms with E-state index in [1.54, 1.807) is 12.1 Å². The van der Waals surface area contributed by atoms with Gasteiger partial charge in [0.1, 0.15) is 5.82 Å². The number of rotatable bonds is 3. The molecule has 88 valence electrons. The normalized spacial score (nSPS) is 10.2. The maximum Gasteiger partial charge on any atom is 0.355 e. The largest absolute Gasteiger partial charge is 0.476 e. The van der Waals surface area contributed by atoms with Crippen LogP contribution in [0, 0.1) is 5.82 Å². The molecule has 0 bridgehead atoms. The lowest BCUT2D eigenvalue weighted by atomic mass is 10.3. The van der Waals surface area contributed by atoms with Gasteiger partial charge in [-0.2, -0.15) is 0 Å². The van der Waals surface area contributed by atoms with Crippen LogP contribution in [0.3, 0.4) is 0 Å². The molecule has 7 heteroatoms. The molecule has 1 heterocycles. The number of hydrogen-bond acceptors (Lipinski definition) is 4. The Hall–Kier alpha value is -1.47. The van der Waals surface area contributed by atoms with Gasteiger partial charge >= 0.3 is 5.97 Å². The van der Waals surface area contributed by atoms with Crippen molar-refractivity contribution >= 4 is 44.1 Å². The van der Waals surface area contributed by atoms with E-state index in [0.29, 0.717) is 5.13 Å². The summed E-state index contributed by atoms with van der Waals surface area (Å²) in [7, 11) is 0. The fraction of sp³-hybridized carbons (Fsp3) is 0. The zero-order valence-corrected chi connectivity index (χ0v) is 10.7. The number of nitrogens with one attached hydrogen (secondary N) is 1. The number of halogens is 2. The number of carboxylic acids is 1. The summed E-state index contributed by atoms with van der Waals surface area (Å²) < 4.78 is 14.1. The summed E-state index contributed by atoms with van der Waals surface area (Å²) >= 11 is 4.32. The molecule has 0 spiro atoms. The molecule has 0 saturated heterocycles. The van der Waals surface area contributed by atoms with E-state index in [4.69, 9.17) is 5.11 Å². The molecule has 4 nitrogen and oxygen atoms in total. The quantitative estimate of drug-likeness (QED) is 0.910. The van der Waals surface area contributed by atoms with Crippen LogP contribution in [0.4, 0.5) is 15.2 Å². The Morgan fingerprint density at radius 3 is 2.94 bits per heavy atom. The zero-order valence-electron chi connectivity index (χ0n) is 8.28. The van der Waals surface area contributed by atoms with E-state index in [1.807, 2.05) is 0 Å². The molecular formula is C10H6BrFN2O2S. The molecule has 17 heavy (non-hydrogen) atoms. The van der Waals surface area contributed by atoms with E-state index in [1.165, 1.54) is 11.4 Å². The van der Waals surface area contributed by atoms with Crippen LogP contribution in [0.2, 0.25) is 0 Å². The second-order valence-corrected chi connectivity index (χ2v) is 4.87. The highest BCUT2D eigenvalue weighted by molar-refractivity contribution is 9.10. The number of nitrogens with zero attached hydrogens (tertiary/aromatic N) is 1. The Bertz CT molecular complexity index is 573. The molecule has 0 amide bonds. The summed E-state index contributed by atoms with van der Waals surface area (Å²) in [5, 5.41) is 13.1. The number of aromatic nitrogens is 1. The number of thiazole rings is 1. The Morgan fingerprint density at radius 1 is 1.53 bits per heavy atom. The van der Waals surface area contributed by atoms with Crippen molar-refractivity contribution in [2.75, 3.05) is 5.32 Å². The lowest BCUT2D eigenvalue weighted by Crippen LogP contribution is -1.98. The van der Waals surface area contributed by atoms with Crippen molar-refractivity contribution < 1.29 is 14.3 Å². The Morgan fingerprint density at radius 2 is 2.29 bits per heavy atom. The van der Waals surface area contributed by atoms with Crippen LogP contribution in [-0.2, 0) is 0 Å². The van der Waals surface area contributed by atoms with Gasteiger partial charge in [0.2, 0.25) is 0 Å². The van der Waals surface area contributed by atoms with Crippen LogP contribution in [0.5, 0.6) is 0 Å². The molecule has 0 aliphatic rings. The van der Waals surface area contributed by atoms with E-state index in [0.717, 1.165) is 15.8 Å². The van der Waals surface area contributed by atoms with Crippen LogP contribution < -0.4 is 5.32 Å². The van der Waals surface area contributed by atoms with E-state index in [-0.39, 0.29) is 11.4 Å². The molecule has 0 atom stereocenters. The minimum absolute atomic E-state index is 0.0621. The first-order chi connectivity index (χ1) is 8.06. The van der Waals surface area contributed by atoms with Crippen LogP contribution >= 0.6 is 27.3 Å². The van der Waals surface area contributed by atoms with Gasteiger partial charge in [-0.05, 0) is 18.2 Å². The zero-order chi connectivity index (χ0) is 12.4. The van der Waals surface area contributed by atoms with Gasteiger partial charge in [-0.15, -0.1) is 11.3 Å². The number of carbonyl (C=O) groups is 1. The highest BCUT2D eigenvalue weighted by Crippen LogP contribution is 2.25. The molecule has 0 radical (unpaired) electrons. The molecule has 2 rings (SSSR count). The molecule has 1 aromatic carbocycles. The number of hydrogen-bond donors (Lipinski definition) is 2. The standard InChI is InChI=1S/C10H6BrFN2O2S/c11-5-1-2-6(12)7(3-5)13-10-14-8(4-17-10)9(15)16/h1-4H,(H,13,14)(H,15,16). The van der Waals surface area contributed by atoms with Gasteiger partial charge in [-0.25, -0.2) is 14.2 Å². The molecule has 2 N–H and O–H groups in total. The van der Waals surface area contributed by atoms with Gasteiger partial charge in [0.15, 0.2) is 10.8 Å². The van der Waals surface area contributed by atoms with Crippen LogP contribution in [-0.4, -0.2) is 16.1 Å². The Labute approximate surface area is 108 Å². The van der Waals surface area contributed by atoms with Gasteiger partial charge < -0.3 is 10.4 Å². The molecule has 1 aromatic heterocycles. The van der Waals surface area contributed by atoms with Crippen LogP contribution in [0.25, 0.3) is 0 Å². The first kappa shape index (κ1) is 12.0. The molecule has 2 aromatic rings. The fourth-order valence-electron chi connectivity index (χ4n) is 1.14. The van der Waals surface area contributed by atoms with E-state index in [9.17, 15) is 9.18 Å². The van der Waals surface area contributed by atoms with E-state index >= 15 is 0 Å². The summed E-state index contributed by atoms with van der Waals surface area (Å²) in [5.41, 5.74) is 0.179. The highest BCUT2D eigenvalue weighted by atomic mass is 79.9. The van der Waals surface area contributed by atoms with Gasteiger partial charge in [0.05, 0.1) is 5.69 Å². The lowest BCUT2D eigenvalue weighted by molar-refractivity contribution is 0.0691. The number of aromatic carboxylic acids is 1. The SMILES string of the molecule is O=C(O)c1csc(Nc2cc(Br)ccc2F)n1. The van der Waals surface area contributed by atoms with E-state index < -0.39 is 11.8 Å². The van der Waals surface area contributed by atoms with Crippen LogP contribution in [0.15, 0.2) is 28.1 Å². The number of benzene rings is 1. The average Bonchev–Trinajstić information content (AvgIpc) is 2.72. The van der Waals surface area contributed by atoms with Crippen molar-refractivity contribution in [2.45, 2.75) is 0 Å². The monoisotopic (exact) mass is 316 g/mol. The first-order valence-corrected chi connectivity index (χ1v) is 6.14. The smallest absolute Gasteiger partial charge is 0.355 e. The molecule has 0 fully saturated rings. The Kier molecular flexibility index (Phi) is 3.39. The minimum Gasteiger partial charge on any atom is -0.476 e. The van der Waals surface area contributed by atoms with Gasteiger partial charge in [-0.1, -0.05) is 15.9 Å². The van der Waals surface area contributed by atoms with Crippen LogP contribution in [0.1, 0.15) is 10.5 Å². The highest BCUT2D eigenvalue weighted by Gasteiger charge is 2.10. The third-order valence-electron chi connectivity index (χ3n) is 1.89. The topological polar surface area (TPSA) is 62.2 Å². The number of carboxylic acid groups (broad SMARTS) is 1. The second-order valence-electron chi connectivity index (χ2n) is 3.09. The predicted octanol–water partition coefficient (Wildman–Crippen LogP) is 3.49. The minimum atomic E-state index is -1.11. The van der Waals surface area contributed by atoms with Gasteiger partial charge in [-0.3, -0.25) is 0 Å². The molecule has 0 aliphatic heterocycles. The van der Waals surface area contributed by atoms with Crippen molar-refractivity contribution in [1.82, 2.24) is 4.98 Å². The fourth-order valence-corrected chi connectivity index (χ4v) is 2.20. The lowest BCUT2D eigenvalue weighted by Gasteiger charge is -2.04. The second kappa shape index (κ2) is 4.80. The maximum atomic E-state index is 13.4. The number of anilines is 2. The maximum absolute atomic E-state index is 13.4. The summed E-state index contributed by atoms with van der Waals surface area (Å²) in [6.07, 6.45) is 0. The third-order valence-corrected chi connectivity index (χ3v) is 3.14. The summed E-state index contributed by atoms with van der Waals surface area (Å²) in [6, 6.07) is 4.43. The van der Waals surface area contributed by atoms with Crippen molar-refractivity contribution in [1.29, 1.82) is 0 Å². The van der Waals surface area contributed by atoms with Crippen molar-refractivity contribution in [2.24, 2.45) is 0 Å². The average molecular weight is 317 g/mol. The molecular weight excluding hydrogens is 311 g/mol. The Balaban J connectivity index is 2.25. The molecule has 0 unspecified atom stereocenters. The van der Waals surface area contributed by atoms with Crippen molar-refractivity contribution in [3.05, 3.63) is 39.6 Å². The molecule has 0 saturated carbocycles. The van der Waals surface area contributed by atoms with Crippen molar-refractivity contribution in [3.63, 3.8) is 0 Å². The predicted molar refractivity (Wildman–Crippen MR) is 66.5 cm³/mol. The summed E-state index contributed by atoms with van der Waals surface area (Å²) in [4.78, 5) is 14.4. The summed E-state index contributed by atoms with van der Waals surface area (Å²) in [5.74, 6) is -1.54. The van der Waals surface area contributed by atoms with Gasteiger partial charge in [0.25, 0.3) is 0 Å². The first-order valence-electron chi connectivity index (χ1n) is 4.47. The third kappa shape index (κ3) is 2.80. The summed E-state index contributed by atoms with van der Waals surface area (Å²) in [6.45, 7) is 0. The van der Waals surface area contributed by atoms with Crippen molar-refractivity contribution in [3.8, 4) is 0 Å². The van der Waals surface area contributed by atoms with Gasteiger partial charge in [0, 0.05) is 9.85 Å².